The molecule has 2 aromatic carbocycles. The van der Waals surface area contributed by atoms with Gasteiger partial charge in [-0.1, -0.05) is 6.07 Å². The first-order valence-electron chi connectivity index (χ1n) is 10.7. The van der Waals surface area contributed by atoms with Crippen LogP contribution < -0.4 is 15.6 Å². The Morgan fingerprint density at radius 3 is 2.49 bits per heavy atom. The maximum absolute atomic E-state index is 14.6. The van der Waals surface area contributed by atoms with Gasteiger partial charge in [-0.2, -0.15) is 5.10 Å². The van der Waals surface area contributed by atoms with Crippen molar-refractivity contribution >= 4 is 17.6 Å². The molecule has 0 radical (unpaired) electrons. The maximum Gasteiger partial charge on any atom is 0.335 e. The summed E-state index contributed by atoms with van der Waals surface area (Å²) in [5, 5.41) is 15.5. The third-order valence-electron chi connectivity index (χ3n) is 5.71. The number of anilines is 1. The van der Waals surface area contributed by atoms with Crippen molar-refractivity contribution in [3.8, 4) is 5.69 Å². The summed E-state index contributed by atoms with van der Waals surface area (Å²) in [7, 11) is 0. The van der Waals surface area contributed by atoms with Crippen LogP contribution in [0.5, 0.6) is 0 Å². The Morgan fingerprint density at radius 1 is 1.14 bits per heavy atom. The molecule has 1 saturated heterocycles. The lowest BCUT2D eigenvalue weighted by atomic mass is 10.1. The highest BCUT2D eigenvalue weighted by molar-refractivity contribution is 5.92. The van der Waals surface area contributed by atoms with Crippen LogP contribution >= 0.6 is 0 Å². The third kappa shape index (κ3) is 5.03. The number of nitrogens with one attached hydrogen (secondary N) is 1. The minimum absolute atomic E-state index is 0.0150. The quantitative estimate of drug-likeness (QED) is 0.555. The molecule has 0 spiro atoms. The highest BCUT2D eigenvalue weighted by Gasteiger charge is 2.24. The fourth-order valence-electron chi connectivity index (χ4n) is 3.88. The fourth-order valence-corrected chi connectivity index (χ4v) is 3.88. The van der Waals surface area contributed by atoms with Crippen LogP contribution in [-0.2, 0) is 6.54 Å². The van der Waals surface area contributed by atoms with E-state index in [2.05, 4.69) is 10.4 Å². The molecule has 35 heavy (non-hydrogen) atoms. The Kier molecular flexibility index (Phi) is 6.59. The molecule has 8 nitrogen and oxygen atoms in total. The van der Waals surface area contributed by atoms with E-state index in [0.717, 1.165) is 18.2 Å². The molecular weight excluding hydrogens is 465 g/mol. The Labute approximate surface area is 197 Å². The lowest BCUT2D eigenvalue weighted by Crippen LogP contribution is -2.32. The minimum Gasteiger partial charge on any atom is -0.478 e. The van der Waals surface area contributed by atoms with Crippen molar-refractivity contribution in [3.63, 3.8) is 0 Å². The zero-order valence-electron chi connectivity index (χ0n) is 18.6. The van der Waals surface area contributed by atoms with E-state index in [9.17, 15) is 32.7 Å². The lowest BCUT2D eigenvalue weighted by Gasteiger charge is -2.19. The maximum atomic E-state index is 14.6. The number of halogens is 3. The standard InChI is InChI=1S/C24H21F3N4O4/c1-13-7-21(32)22(29-31(13)16-4-2-3-14(8-16)24(34)35)23(33)28-11-18-19(26)9-17(10-20(18)27)30-6-5-15(25)12-30/h2-4,7-10,15H,5-6,11-12H2,1H3,(H,28,33)(H,34,35)/t15-/m0/s1. The van der Waals surface area contributed by atoms with Crippen LogP contribution in [0, 0.1) is 18.6 Å². The van der Waals surface area contributed by atoms with Crippen LogP contribution in [0.1, 0.15) is 38.5 Å². The van der Waals surface area contributed by atoms with Crippen LogP contribution in [0.3, 0.4) is 0 Å². The summed E-state index contributed by atoms with van der Waals surface area (Å²) in [5.74, 6) is -3.95. The van der Waals surface area contributed by atoms with E-state index in [1.807, 2.05) is 0 Å². The molecule has 182 valence electrons. The number of hydrogen-bond donors (Lipinski definition) is 2. The van der Waals surface area contributed by atoms with Crippen LogP contribution in [0.15, 0.2) is 47.3 Å². The number of aryl methyl sites for hydroxylation is 1. The van der Waals surface area contributed by atoms with Crippen molar-refractivity contribution < 1.29 is 27.9 Å². The zero-order chi connectivity index (χ0) is 25.3. The Bertz CT molecular complexity index is 1350. The summed E-state index contributed by atoms with van der Waals surface area (Å²) < 4.78 is 43.8. The van der Waals surface area contributed by atoms with E-state index in [1.54, 1.807) is 13.0 Å². The normalized spacial score (nSPS) is 15.3. The van der Waals surface area contributed by atoms with E-state index in [4.69, 9.17) is 0 Å². The number of carbonyl (C=O) groups excluding carboxylic acids is 1. The molecule has 1 aliphatic rings. The first kappa shape index (κ1) is 24.0. The predicted octanol–water partition coefficient (Wildman–Crippen LogP) is 3.00. The number of hydrogen-bond acceptors (Lipinski definition) is 5. The Morgan fingerprint density at radius 2 is 1.86 bits per heavy atom. The zero-order valence-corrected chi connectivity index (χ0v) is 18.6. The number of carbonyl (C=O) groups is 2. The molecule has 2 N–H and O–H groups in total. The summed E-state index contributed by atoms with van der Waals surface area (Å²) in [6.07, 6.45) is -0.777. The number of aromatic carboxylic acids is 1. The highest BCUT2D eigenvalue weighted by atomic mass is 19.1. The average Bonchev–Trinajstić information content (AvgIpc) is 3.24. The summed E-state index contributed by atoms with van der Waals surface area (Å²) in [4.78, 5) is 37.9. The van der Waals surface area contributed by atoms with Gasteiger partial charge in [0.05, 0.1) is 11.3 Å². The van der Waals surface area contributed by atoms with E-state index in [-0.39, 0.29) is 24.2 Å². The first-order valence-corrected chi connectivity index (χ1v) is 10.7. The lowest BCUT2D eigenvalue weighted by molar-refractivity contribution is 0.0696. The fraction of sp³-hybridized carbons (Fsp3) is 0.250. The molecule has 0 saturated carbocycles. The first-order chi connectivity index (χ1) is 16.6. The van der Waals surface area contributed by atoms with Crippen LogP contribution in [0.2, 0.25) is 0 Å². The van der Waals surface area contributed by atoms with Crippen LogP contribution in [-0.4, -0.2) is 46.0 Å². The SMILES string of the molecule is Cc1cc(=O)c(C(=O)NCc2c(F)cc(N3CC[C@H](F)C3)cc2F)nn1-c1cccc(C(=O)O)c1. The van der Waals surface area contributed by atoms with Gasteiger partial charge in [0.1, 0.15) is 17.8 Å². The van der Waals surface area contributed by atoms with Gasteiger partial charge in [0, 0.05) is 42.6 Å². The molecule has 1 atom stereocenters. The molecule has 2 heterocycles. The molecule has 0 bridgehead atoms. The van der Waals surface area contributed by atoms with E-state index >= 15 is 0 Å². The highest BCUT2D eigenvalue weighted by Crippen LogP contribution is 2.26. The molecular formula is C24H21F3N4O4. The van der Waals surface area contributed by atoms with E-state index in [0.29, 0.717) is 17.9 Å². The number of carboxylic acid groups (broad SMARTS) is 1. The van der Waals surface area contributed by atoms with Crippen LogP contribution in [0.25, 0.3) is 5.69 Å². The van der Waals surface area contributed by atoms with Gasteiger partial charge >= 0.3 is 5.97 Å². The van der Waals surface area contributed by atoms with Crippen molar-refractivity contribution in [2.75, 3.05) is 18.0 Å². The van der Waals surface area contributed by atoms with Crippen molar-refractivity contribution in [1.82, 2.24) is 15.1 Å². The molecule has 1 aromatic heterocycles. The number of carboxylic acids is 1. The minimum atomic E-state index is -1.16. The molecule has 4 rings (SSSR count). The summed E-state index contributed by atoms with van der Waals surface area (Å²) in [6.45, 7) is 1.40. The van der Waals surface area contributed by atoms with Crippen LogP contribution in [0.4, 0.5) is 18.9 Å². The summed E-state index contributed by atoms with van der Waals surface area (Å²) >= 11 is 0. The molecule has 11 heteroatoms. The predicted molar refractivity (Wildman–Crippen MR) is 121 cm³/mol. The monoisotopic (exact) mass is 486 g/mol. The van der Waals surface area contributed by atoms with Gasteiger partial charge < -0.3 is 15.3 Å². The summed E-state index contributed by atoms with van der Waals surface area (Å²) in [6, 6.07) is 9.06. The van der Waals surface area contributed by atoms with Crippen molar-refractivity contribution in [2.45, 2.75) is 26.1 Å². The largest absolute Gasteiger partial charge is 0.478 e. The smallest absolute Gasteiger partial charge is 0.335 e. The molecule has 0 unspecified atom stereocenters. The molecule has 1 amide bonds. The van der Waals surface area contributed by atoms with Gasteiger partial charge in [0.2, 0.25) is 5.43 Å². The topological polar surface area (TPSA) is 105 Å². The summed E-state index contributed by atoms with van der Waals surface area (Å²) in [5.41, 5.74) is -0.808. The number of aromatic nitrogens is 2. The van der Waals surface area contributed by atoms with Crippen molar-refractivity contribution in [2.24, 2.45) is 0 Å². The number of rotatable bonds is 6. The van der Waals surface area contributed by atoms with Gasteiger partial charge in [0.15, 0.2) is 5.69 Å². The second-order valence-corrected chi connectivity index (χ2v) is 8.17. The van der Waals surface area contributed by atoms with Gasteiger partial charge in [0.25, 0.3) is 5.91 Å². The number of alkyl halides is 1. The average molecular weight is 486 g/mol. The van der Waals surface area contributed by atoms with Crippen molar-refractivity contribution in [1.29, 1.82) is 0 Å². The Hall–Kier alpha value is -4.15. The molecule has 3 aromatic rings. The number of benzene rings is 2. The third-order valence-corrected chi connectivity index (χ3v) is 5.71. The van der Waals surface area contributed by atoms with E-state index in [1.165, 1.54) is 27.8 Å². The number of nitrogens with zero attached hydrogens (tertiary/aromatic N) is 3. The van der Waals surface area contributed by atoms with E-state index < -0.39 is 52.9 Å². The van der Waals surface area contributed by atoms with Gasteiger partial charge in [-0.15, -0.1) is 0 Å². The van der Waals surface area contributed by atoms with Crippen molar-refractivity contribution in [3.05, 3.63) is 86.8 Å². The second kappa shape index (κ2) is 9.61. The number of amides is 1. The molecule has 1 aliphatic heterocycles. The molecule has 0 aliphatic carbocycles. The Balaban J connectivity index is 1.56. The molecule has 1 fully saturated rings. The van der Waals surface area contributed by atoms with Gasteiger partial charge in [-0.05, 0) is 43.7 Å². The second-order valence-electron chi connectivity index (χ2n) is 8.17. The van der Waals surface area contributed by atoms with Gasteiger partial charge in [-0.3, -0.25) is 9.59 Å². The van der Waals surface area contributed by atoms with Gasteiger partial charge in [-0.25, -0.2) is 22.6 Å².